The van der Waals surface area contributed by atoms with E-state index in [2.05, 4.69) is 0 Å². The molecule has 0 saturated heterocycles. The third-order valence-corrected chi connectivity index (χ3v) is 2.56. The van der Waals surface area contributed by atoms with Crippen LogP contribution in [0.2, 0.25) is 0 Å². The van der Waals surface area contributed by atoms with Gasteiger partial charge in [0.05, 0.1) is 0 Å². The molecule has 0 fully saturated rings. The van der Waals surface area contributed by atoms with E-state index in [0.717, 1.165) is 0 Å². The SMILES string of the molecule is CC(C)(C)Oc1ccccc1O.CC(C)(C)Oc1ccccc1O.[Zr]. The summed E-state index contributed by atoms with van der Waals surface area (Å²) in [5.74, 6) is 1.44. The van der Waals surface area contributed by atoms with Gasteiger partial charge in [0.2, 0.25) is 0 Å². The Morgan fingerprint density at radius 2 is 0.880 bits per heavy atom. The van der Waals surface area contributed by atoms with Gasteiger partial charge in [-0.1, -0.05) is 24.3 Å². The fourth-order valence-corrected chi connectivity index (χ4v) is 1.75. The van der Waals surface area contributed by atoms with Crippen LogP contribution in [0.1, 0.15) is 41.5 Å². The molecule has 2 rings (SSSR count). The summed E-state index contributed by atoms with van der Waals surface area (Å²) in [6.07, 6.45) is 0. The molecule has 2 aromatic carbocycles. The first kappa shape index (κ1) is 23.5. The molecule has 0 saturated carbocycles. The topological polar surface area (TPSA) is 58.9 Å². The van der Waals surface area contributed by atoms with Crippen LogP contribution >= 0.6 is 0 Å². The fourth-order valence-electron chi connectivity index (χ4n) is 1.75. The molecule has 2 aromatic rings. The van der Waals surface area contributed by atoms with E-state index < -0.39 is 0 Å². The summed E-state index contributed by atoms with van der Waals surface area (Å²) in [4.78, 5) is 0. The zero-order chi connectivity index (χ0) is 18.4. The third kappa shape index (κ3) is 10.2. The van der Waals surface area contributed by atoms with E-state index >= 15 is 0 Å². The van der Waals surface area contributed by atoms with E-state index in [4.69, 9.17) is 9.47 Å². The van der Waals surface area contributed by atoms with Gasteiger partial charge in [-0.05, 0) is 65.8 Å². The summed E-state index contributed by atoms with van der Waals surface area (Å²) in [6, 6.07) is 13.9. The fraction of sp³-hybridized carbons (Fsp3) is 0.400. The van der Waals surface area contributed by atoms with E-state index in [-0.39, 0.29) is 48.9 Å². The van der Waals surface area contributed by atoms with E-state index in [9.17, 15) is 10.2 Å². The van der Waals surface area contributed by atoms with Gasteiger partial charge in [-0.3, -0.25) is 0 Å². The van der Waals surface area contributed by atoms with E-state index in [0.29, 0.717) is 11.5 Å². The molecular formula is C20H28O4Zr. The molecule has 5 heteroatoms. The standard InChI is InChI=1S/2C10H14O2.Zr/c2*1-10(2,3)12-9-7-5-4-6-8(9)11;/h2*4-7,11H,1-3H3;. The van der Waals surface area contributed by atoms with Crippen LogP contribution in [-0.4, -0.2) is 21.4 Å². The first-order chi connectivity index (χ1) is 11.0. The Balaban J connectivity index is 0.000000443. The number of rotatable bonds is 2. The van der Waals surface area contributed by atoms with Crippen molar-refractivity contribution in [2.45, 2.75) is 52.7 Å². The minimum absolute atomic E-state index is 0. The van der Waals surface area contributed by atoms with Gasteiger partial charge in [0, 0.05) is 26.2 Å². The quantitative estimate of drug-likeness (QED) is 0.702. The number of para-hydroxylation sites is 4. The number of ether oxygens (including phenoxy) is 2. The monoisotopic (exact) mass is 422 g/mol. The van der Waals surface area contributed by atoms with Gasteiger partial charge in [0.1, 0.15) is 11.2 Å². The molecule has 0 spiro atoms. The zero-order valence-corrected chi connectivity index (χ0v) is 18.3. The summed E-state index contributed by atoms with van der Waals surface area (Å²) in [5.41, 5.74) is -0.530. The number of hydrogen-bond acceptors (Lipinski definition) is 4. The molecular weight excluding hydrogens is 395 g/mol. The average Bonchev–Trinajstić information content (AvgIpc) is 2.42. The van der Waals surface area contributed by atoms with Crippen LogP contribution in [0.5, 0.6) is 23.0 Å². The van der Waals surface area contributed by atoms with Crippen LogP contribution in [-0.2, 0) is 26.2 Å². The van der Waals surface area contributed by atoms with Gasteiger partial charge in [-0.2, -0.15) is 0 Å². The summed E-state index contributed by atoms with van der Waals surface area (Å²) < 4.78 is 11.0. The molecule has 25 heavy (non-hydrogen) atoms. The van der Waals surface area contributed by atoms with Crippen molar-refractivity contribution in [3.63, 3.8) is 0 Å². The van der Waals surface area contributed by atoms with Crippen molar-refractivity contribution in [3.8, 4) is 23.0 Å². The predicted octanol–water partition coefficient (Wildman–Crippen LogP) is 5.14. The Morgan fingerprint density at radius 1 is 0.600 bits per heavy atom. The molecule has 0 aliphatic heterocycles. The van der Waals surface area contributed by atoms with E-state index in [1.807, 2.05) is 53.7 Å². The van der Waals surface area contributed by atoms with Crippen LogP contribution in [0.4, 0.5) is 0 Å². The van der Waals surface area contributed by atoms with Gasteiger partial charge in [0.15, 0.2) is 23.0 Å². The Kier molecular flexibility index (Phi) is 9.28. The maximum Gasteiger partial charge on any atom is 0.161 e. The molecule has 2 N–H and O–H groups in total. The van der Waals surface area contributed by atoms with Gasteiger partial charge in [0.25, 0.3) is 0 Å². The number of phenols is 2. The summed E-state index contributed by atoms with van der Waals surface area (Å²) >= 11 is 0. The second-order valence-electron chi connectivity index (χ2n) is 7.36. The normalized spacial score (nSPS) is 10.8. The minimum Gasteiger partial charge on any atom is -0.504 e. The third-order valence-electron chi connectivity index (χ3n) is 2.56. The molecule has 4 nitrogen and oxygen atoms in total. The Morgan fingerprint density at radius 3 is 1.12 bits per heavy atom. The van der Waals surface area contributed by atoms with Crippen molar-refractivity contribution < 1.29 is 45.9 Å². The first-order valence-electron chi connectivity index (χ1n) is 7.92. The maximum atomic E-state index is 9.35. The number of hydrogen-bond donors (Lipinski definition) is 2. The van der Waals surface area contributed by atoms with Crippen molar-refractivity contribution in [2.24, 2.45) is 0 Å². The molecule has 0 amide bonds. The van der Waals surface area contributed by atoms with E-state index in [1.54, 1.807) is 36.4 Å². The first-order valence-corrected chi connectivity index (χ1v) is 7.92. The van der Waals surface area contributed by atoms with Crippen LogP contribution in [0, 0.1) is 0 Å². The maximum absolute atomic E-state index is 9.35. The summed E-state index contributed by atoms with van der Waals surface area (Å²) in [6.45, 7) is 11.7. The average molecular weight is 424 g/mol. The number of phenolic OH excluding ortho intramolecular Hbond substituents is 2. The molecule has 0 unspecified atom stereocenters. The zero-order valence-electron chi connectivity index (χ0n) is 15.8. The van der Waals surface area contributed by atoms with Crippen LogP contribution < -0.4 is 9.47 Å². The van der Waals surface area contributed by atoms with Gasteiger partial charge >= 0.3 is 0 Å². The van der Waals surface area contributed by atoms with Crippen molar-refractivity contribution >= 4 is 0 Å². The molecule has 0 radical (unpaired) electrons. The smallest absolute Gasteiger partial charge is 0.161 e. The molecule has 0 aromatic heterocycles. The summed E-state index contributed by atoms with van der Waals surface area (Å²) in [5, 5.41) is 18.7. The second-order valence-corrected chi connectivity index (χ2v) is 7.36. The molecule has 136 valence electrons. The summed E-state index contributed by atoms with van der Waals surface area (Å²) in [7, 11) is 0. The second kappa shape index (κ2) is 9.86. The molecule has 0 bridgehead atoms. The minimum atomic E-state index is -0.265. The van der Waals surface area contributed by atoms with Crippen molar-refractivity contribution in [3.05, 3.63) is 48.5 Å². The van der Waals surface area contributed by atoms with Gasteiger partial charge in [-0.15, -0.1) is 0 Å². The van der Waals surface area contributed by atoms with Crippen LogP contribution in [0.15, 0.2) is 48.5 Å². The van der Waals surface area contributed by atoms with E-state index in [1.165, 1.54) is 0 Å². The number of aromatic hydroxyl groups is 2. The van der Waals surface area contributed by atoms with Crippen LogP contribution in [0.25, 0.3) is 0 Å². The van der Waals surface area contributed by atoms with Crippen LogP contribution in [0.3, 0.4) is 0 Å². The predicted molar refractivity (Wildman–Crippen MR) is 97.0 cm³/mol. The Bertz CT molecular complexity index is 585. The number of benzene rings is 2. The van der Waals surface area contributed by atoms with Crippen molar-refractivity contribution in [1.29, 1.82) is 0 Å². The molecule has 0 aliphatic carbocycles. The molecule has 0 atom stereocenters. The molecule has 0 aliphatic rings. The molecule has 0 heterocycles. The van der Waals surface area contributed by atoms with Crippen molar-refractivity contribution in [1.82, 2.24) is 0 Å². The van der Waals surface area contributed by atoms with Crippen molar-refractivity contribution in [2.75, 3.05) is 0 Å². The van der Waals surface area contributed by atoms with Gasteiger partial charge < -0.3 is 19.7 Å². The Labute approximate surface area is 169 Å². The Hall–Kier alpha value is -1.48. The van der Waals surface area contributed by atoms with Gasteiger partial charge in [-0.25, -0.2) is 0 Å². The largest absolute Gasteiger partial charge is 0.504 e.